The van der Waals surface area contributed by atoms with E-state index < -0.39 is 22.4 Å². The molecule has 1 aliphatic rings. The molecule has 0 N–H and O–H groups in total. The lowest BCUT2D eigenvalue weighted by atomic mass is 10.1. The molecule has 18 heavy (non-hydrogen) atoms. The van der Waals surface area contributed by atoms with Crippen molar-refractivity contribution in [3.8, 4) is 0 Å². The van der Waals surface area contributed by atoms with E-state index in [0.29, 0.717) is 12.8 Å². The number of benzene rings is 1. The van der Waals surface area contributed by atoms with Gasteiger partial charge in [-0.1, -0.05) is 0 Å². The molecule has 2 rings (SSSR count). The molecule has 0 bridgehead atoms. The second kappa shape index (κ2) is 5.69. The van der Waals surface area contributed by atoms with Crippen molar-refractivity contribution in [2.75, 3.05) is 5.75 Å². The van der Waals surface area contributed by atoms with Crippen LogP contribution in [0.15, 0.2) is 23.1 Å². The molecular weight excluding hydrogens is 258 g/mol. The minimum absolute atomic E-state index is 0.0156. The first-order valence-electron chi connectivity index (χ1n) is 5.94. The van der Waals surface area contributed by atoms with E-state index in [1.807, 2.05) is 0 Å². The van der Waals surface area contributed by atoms with E-state index in [2.05, 4.69) is 0 Å². The molecule has 0 heterocycles. The van der Waals surface area contributed by atoms with Gasteiger partial charge in [-0.3, -0.25) is 9.00 Å². The van der Waals surface area contributed by atoms with Gasteiger partial charge in [0.25, 0.3) is 0 Å². The molecule has 1 aliphatic carbocycles. The summed E-state index contributed by atoms with van der Waals surface area (Å²) < 4.78 is 38.0. The first-order valence-corrected chi connectivity index (χ1v) is 7.26. The van der Waals surface area contributed by atoms with Crippen molar-refractivity contribution in [1.82, 2.24) is 0 Å². The van der Waals surface area contributed by atoms with Crippen LogP contribution in [0.25, 0.3) is 0 Å². The number of Topliss-reactive ketones (excluding diaryl/α,β-unsaturated/α-hetero) is 1. The minimum atomic E-state index is -1.51. The van der Waals surface area contributed by atoms with Crippen molar-refractivity contribution in [3.63, 3.8) is 0 Å². The quantitative estimate of drug-likeness (QED) is 0.844. The zero-order valence-electron chi connectivity index (χ0n) is 9.83. The molecule has 2 unspecified atom stereocenters. The Hall–Kier alpha value is -1.10. The van der Waals surface area contributed by atoms with Crippen LogP contribution in [0.1, 0.15) is 25.7 Å². The molecule has 0 saturated heterocycles. The lowest BCUT2D eigenvalue weighted by Gasteiger charge is -2.08. The molecule has 0 aromatic heterocycles. The van der Waals surface area contributed by atoms with Crippen LogP contribution in [0, 0.1) is 17.6 Å². The van der Waals surface area contributed by atoms with Crippen molar-refractivity contribution in [1.29, 1.82) is 0 Å². The molecule has 0 amide bonds. The molecular formula is C13H14F2O2S. The lowest BCUT2D eigenvalue weighted by Crippen LogP contribution is -2.11. The van der Waals surface area contributed by atoms with Crippen LogP contribution in [0.2, 0.25) is 0 Å². The molecule has 0 spiro atoms. The van der Waals surface area contributed by atoms with Crippen LogP contribution in [0.4, 0.5) is 8.78 Å². The third kappa shape index (κ3) is 3.02. The molecule has 0 aliphatic heterocycles. The molecule has 1 fully saturated rings. The average molecular weight is 272 g/mol. The van der Waals surface area contributed by atoms with Gasteiger partial charge in [0.05, 0.1) is 15.7 Å². The van der Waals surface area contributed by atoms with Gasteiger partial charge in [0.15, 0.2) is 0 Å². The fraction of sp³-hybridized carbons (Fsp3) is 0.462. The summed E-state index contributed by atoms with van der Waals surface area (Å²) in [5.74, 6) is -1.03. The molecule has 0 radical (unpaired) electrons. The highest BCUT2D eigenvalue weighted by molar-refractivity contribution is 7.85. The highest BCUT2D eigenvalue weighted by Gasteiger charge is 2.25. The normalized spacial score (nSPS) is 21.2. The van der Waals surface area contributed by atoms with E-state index in [9.17, 15) is 17.8 Å². The van der Waals surface area contributed by atoms with Gasteiger partial charge in [-0.15, -0.1) is 0 Å². The van der Waals surface area contributed by atoms with Gasteiger partial charge in [0.1, 0.15) is 17.4 Å². The molecule has 1 saturated carbocycles. The molecule has 1 aromatic carbocycles. The van der Waals surface area contributed by atoms with Crippen LogP contribution in [0.3, 0.4) is 0 Å². The second-order valence-corrected chi connectivity index (χ2v) is 6.01. The second-order valence-electron chi connectivity index (χ2n) is 4.47. The molecule has 2 nitrogen and oxygen atoms in total. The van der Waals surface area contributed by atoms with Crippen molar-refractivity contribution in [2.24, 2.45) is 5.92 Å². The van der Waals surface area contributed by atoms with Crippen LogP contribution in [-0.2, 0) is 15.6 Å². The highest BCUT2D eigenvalue weighted by Crippen LogP contribution is 2.25. The van der Waals surface area contributed by atoms with E-state index in [1.54, 1.807) is 0 Å². The predicted octanol–water partition coefficient (Wildman–Crippen LogP) is 2.83. The van der Waals surface area contributed by atoms with E-state index in [4.69, 9.17) is 0 Å². The minimum Gasteiger partial charge on any atom is -0.299 e. The molecule has 98 valence electrons. The van der Waals surface area contributed by atoms with E-state index in [-0.39, 0.29) is 22.3 Å². The van der Waals surface area contributed by atoms with Gasteiger partial charge >= 0.3 is 0 Å². The summed E-state index contributed by atoms with van der Waals surface area (Å²) in [7, 11) is -1.51. The summed E-state index contributed by atoms with van der Waals surface area (Å²) in [6.45, 7) is 0. The number of carbonyl (C=O) groups excluding carboxylic acids is 1. The van der Waals surface area contributed by atoms with Crippen LogP contribution in [0.5, 0.6) is 0 Å². The Balaban J connectivity index is 1.97. The number of halogens is 2. The fourth-order valence-corrected chi connectivity index (χ4v) is 3.43. The largest absolute Gasteiger partial charge is 0.299 e. The smallest absolute Gasteiger partial charge is 0.142 e. The SMILES string of the molecule is O=C1CCCC1CCS(=O)c1ccc(F)cc1F. The van der Waals surface area contributed by atoms with Gasteiger partial charge in [0.2, 0.25) is 0 Å². The Bertz CT molecular complexity index is 488. The first kappa shape index (κ1) is 13.3. The maximum Gasteiger partial charge on any atom is 0.142 e. The summed E-state index contributed by atoms with van der Waals surface area (Å²) in [4.78, 5) is 11.4. The summed E-state index contributed by atoms with van der Waals surface area (Å²) in [6, 6.07) is 3.03. The molecule has 5 heteroatoms. The maximum absolute atomic E-state index is 13.4. The van der Waals surface area contributed by atoms with Crippen LogP contribution < -0.4 is 0 Å². The number of carbonyl (C=O) groups is 1. The maximum atomic E-state index is 13.4. The van der Waals surface area contributed by atoms with E-state index in [0.717, 1.165) is 25.0 Å². The van der Waals surface area contributed by atoms with Gasteiger partial charge in [-0.25, -0.2) is 8.78 Å². The third-order valence-corrected chi connectivity index (χ3v) is 4.65. The fourth-order valence-electron chi connectivity index (χ4n) is 2.21. The summed E-state index contributed by atoms with van der Waals surface area (Å²) in [5.41, 5.74) is 0. The monoisotopic (exact) mass is 272 g/mol. The lowest BCUT2D eigenvalue weighted by molar-refractivity contribution is -0.120. The molecule has 2 atom stereocenters. The Morgan fingerprint density at radius 2 is 2.11 bits per heavy atom. The Labute approximate surface area is 107 Å². The van der Waals surface area contributed by atoms with Crippen LogP contribution >= 0.6 is 0 Å². The standard InChI is InChI=1S/C13H14F2O2S/c14-10-4-5-13(11(15)8-10)18(17)7-6-9-2-1-3-12(9)16/h4-5,8-9H,1-3,6-7H2. The van der Waals surface area contributed by atoms with Gasteiger partial charge in [-0.2, -0.15) is 0 Å². The molecule has 1 aromatic rings. The van der Waals surface area contributed by atoms with Gasteiger partial charge in [-0.05, 0) is 31.4 Å². The van der Waals surface area contributed by atoms with Crippen LogP contribution in [-0.4, -0.2) is 15.7 Å². The van der Waals surface area contributed by atoms with Gasteiger partial charge < -0.3 is 0 Å². The number of rotatable bonds is 4. The summed E-state index contributed by atoms with van der Waals surface area (Å²) >= 11 is 0. The average Bonchev–Trinajstić information content (AvgIpc) is 2.72. The third-order valence-electron chi connectivity index (χ3n) is 3.22. The van der Waals surface area contributed by atoms with Crippen molar-refractivity contribution in [2.45, 2.75) is 30.6 Å². The number of hydrogen-bond donors (Lipinski definition) is 0. The topological polar surface area (TPSA) is 34.1 Å². The Morgan fingerprint density at radius 1 is 1.33 bits per heavy atom. The van der Waals surface area contributed by atoms with E-state index >= 15 is 0 Å². The number of ketones is 1. The zero-order chi connectivity index (χ0) is 13.1. The van der Waals surface area contributed by atoms with Gasteiger partial charge in [0, 0.05) is 24.2 Å². The van der Waals surface area contributed by atoms with E-state index in [1.165, 1.54) is 6.07 Å². The predicted molar refractivity (Wildman–Crippen MR) is 64.6 cm³/mol. The summed E-state index contributed by atoms with van der Waals surface area (Å²) in [6.07, 6.45) is 2.84. The Kier molecular flexibility index (Phi) is 4.22. The summed E-state index contributed by atoms with van der Waals surface area (Å²) in [5, 5.41) is 0. The number of hydrogen-bond acceptors (Lipinski definition) is 2. The van der Waals surface area contributed by atoms with Crippen molar-refractivity contribution >= 4 is 16.6 Å². The highest BCUT2D eigenvalue weighted by atomic mass is 32.2. The first-order chi connectivity index (χ1) is 8.58. The Morgan fingerprint density at radius 3 is 2.72 bits per heavy atom. The van der Waals surface area contributed by atoms with Crippen molar-refractivity contribution < 1.29 is 17.8 Å². The van der Waals surface area contributed by atoms with Crippen molar-refractivity contribution in [3.05, 3.63) is 29.8 Å². The zero-order valence-corrected chi connectivity index (χ0v) is 10.6.